The van der Waals surface area contributed by atoms with E-state index in [9.17, 15) is 4.79 Å². The van der Waals surface area contributed by atoms with Crippen molar-refractivity contribution in [1.82, 2.24) is 29.7 Å². The zero-order valence-electron chi connectivity index (χ0n) is 22.4. The summed E-state index contributed by atoms with van der Waals surface area (Å²) in [5.74, 6) is -0.519. The van der Waals surface area contributed by atoms with E-state index in [1.807, 2.05) is 39.2 Å². The van der Waals surface area contributed by atoms with E-state index < -0.39 is 29.3 Å². The van der Waals surface area contributed by atoms with Crippen molar-refractivity contribution >= 4 is 23.1 Å². The van der Waals surface area contributed by atoms with Crippen molar-refractivity contribution < 1.29 is 23.7 Å². The molecule has 37 heavy (non-hydrogen) atoms. The largest absolute Gasteiger partial charge is 0.444 e. The van der Waals surface area contributed by atoms with Gasteiger partial charge in [-0.25, -0.2) is 19.7 Å². The van der Waals surface area contributed by atoms with E-state index in [-0.39, 0.29) is 12.7 Å². The van der Waals surface area contributed by atoms with E-state index in [1.165, 1.54) is 6.33 Å². The van der Waals surface area contributed by atoms with E-state index in [2.05, 4.69) is 25.2 Å². The van der Waals surface area contributed by atoms with Crippen LogP contribution in [0.3, 0.4) is 0 Å². The molecule has 4 rings (SSSR count). The molecule has 3 unspecified atom stereocenters. The van der Waals surface area contributed by atoms with Crippen LogP contribution in [0.25, 0.3) is 11.2 Å². The number of ether oxygens (including phenoxy) is 4. The molecule has 2 fully saturated rings. The Morgan fingerprint density at radius 2 is 2.05 bits per heavy atom. The third-order valence-electron chi connectivity index (χ3n) is 6.34. The van der Waals surface area contributed by atoms with Crippen LogP contribution in [0.1, 0.15) is 47.5 Å². The molecule has 5 N–H and O–H groups in total. The summed E-state index contributed by atoms with van der Waals surface area (Å²) in [7, 11) is 0. The molecule has 1 amide bonds. The smallest absolute Gasteiger partial charge is 0.407 e. The Morgan fingerprint density at radius 3 is 2.78 bits per heavy atom. The zero-order valence-corrected chi connectivity index (χ0v) is 22.4. The minimum Gasteiger partial charge on any atom is -0.444 e. The first-order valence-electron chi connectivity index (χ1n) is 12.8. The predicted octanol–water partition coefficient (Wildman–Crippen LogP) is 1.18. The quantitative estimate of drug-likeness (QED) is 0.385. The molecule has 0 aromatic carbocycles. The molecule has 2 saturated heterocycles. The molecule has 3 atom stereocenters. The van der Waals surface area contributed by atoms with Gasteiger partial charge in [0.1, 0.15) is 29.7 Å². The van der Waals surface area contributed by atoms with Crippen LogP contribution >= 0.6 is 0 Å². The Labute approximate surface area is 217 Å². The van der Waals surface area contributed by atoms with E-state index in [0.29, 0.717) is 43.2 Å². The first-order chi connectivity index (χ1) is 17.4. The molecule has 206 valence electrons. The summed E-state index contributed by atoms with van der Waals surface area (Å²) in [6.45, 7) is 12.8. The second-order valence-corrected chi connectivity index (χ2v) is 11.0. The van der Waals surface area contributed by atoms with Crippen molar-refractivity contribution in [3.63, 3.8) is 0 Å². The van der Waals surface area contributed by atoms with Gasteiger partial charge < -0.3 is 35.7 Å². The average molecular weight is 521 g/mol. The highest BCUT2D eigenvalue weighted by molar-refractivity contribution is 5.81. The minimum atomic E-state index is -0.935. The molecular weight excluding hydrogens is 480 g/mol. The average Bonchev–Trinajstić information content (AvgIpc) is 3.43. The number of aromatic nitrogens is 4. The number of fused-ring (bicyclic) bond motifs is 2. The molecule has 13 nitrogen and oxygen atoms in total. The summed E-state index contributed by atoms with van der Waals surface area (Å²) >= 11 is 0. The van der Waals surface area contributed by atoms with Gasteiger partial charge in [0.2, 0.25) is 5.72 Å². The van der Waals surface area contributed by atoms with Gasteiger partial charge in [-0.15, -0.1) is 0 Å². The molecule has 4 heterocycles. The topological polar surface area (TPSA) is 165 Å². The van der Waals surface area contributed by atoms with Crippen molar-refractivity contribution in [3.8, 4) is 0 Å². The lowest BCUT2D eigenvalue weighted by molar-refractivity contribution is -0.205. The van der Waals surface area contributed by atoms with Gasteiger partial charge in [0.15, 0.2) is 17.3 Å². The molecule has 2 aliphatic rings. The molecule has 0 bridgehead atoms. The second-order valence-electron chi connectivity index (χ2n) is 11.0. The predicted molar refractivity (Wildman–Crippen MR) is 136 cm³/mol. The Hall–Kier alpha value is -2.58. The first-order valence-corrected chi connectivity index (χ1v) is 12.8. The summed E-state index contributed by atoms with van der Waals surface area (Å²) in [5.41, 5.74) is 11.6. The Kier molecular flexibility index (Phi) is 7.91. The van der Waals surface area contributed by atoms with E-state index >= 15 is 0 Å². The lowest BCUT2D eigenvalue weighted by Crippen LogP contribution is -2.47. The number of anilines is 1. The SMILES string of the molecule is CC(C)(C)OC(=O)NCCCCN(CCN)CC1OCC2(n3cnc4c(N)ncnc43)OC(C)(C)OC12. The summed E-state index contributed by atoms with van der Waals surface area (Å²) < 4.78 is 26.3. The van der Waals surface area contributed by atoms with E-state index in [0.717, 1.165) is 19.4 Å². The van der Waals surface area contributed by atoms with Gasteiger partial charge in [-0.05, 0) is 54.0 Å². The van der Waals surface area contributed by atoms with Crippen molar-refractivity contribution in [1.29, 1.82) is 0 Å². The number of rotatable bonds is 10. The Morgan fingerprint density at radius 1 is 1.27 bits per heavy atom. The molecular formula is C24H40N8O5. The van der Waals surface area contributed by atoms with Crippen LogP contribution in [0.15, 0.2) is 12.7 Å². The maximum absolute atomic E-state index is 11.9. The van der Waals surface area contributed by atoms with Crippen molar-refractivity contribution in [2.24, 2.45) is 5.73 Å². The number of carbonyl (C=O) groups excluding carboxylic acids is 1. The van der Waals surface area contributed by atoms with Crippen molar-refractivity contribution in [2.45, 2.75) is 76.8 Å². The molecule has 2 aromatic rings. The van der Waals surface area contributed by atoms with Gasteiger partial charge in [0.05, 0.1) is 12.9 Å². The van der Waals surface area contributed by atoms with Gasteiger partial charge in [-0.1, -0.05) is 0 Å². The summed E-state index contributed by atoms with van der Waals surface area (Å²) in [5, 5.41) is 2.80. The van der Waals surface area contributed by atoms with Crippen LogP contribution < -0.4 is 16.8 Å². The monoisotopic (exact) mass is 520 g/mol. The Bertz CT molecular complexity index is 1090. The van der Waals surface area contributed by atoms with Crippen LogP contribution in [-0.4, -0.2) is 93.4 Å². The van der Waals surface area contributed by atoms with Crippen LogP contribution in [0.5, 0.6) is 0 Å². The molecule has 0 radical (unpaired) electrons. The van der Waals surface area contributed by atoms with E-state index in [1.54, 1.807) is 6.33 Å². The van der Waals surface area contributed by atoms with Crippen molar-refractivity contribution in [2.75, 3.05) is 45.1 Å². The second kappa shape index (κ2) is 10.7. The number of nitrogens with zero attached hydrogens (tertiary/aromatic N) is 5. The number of nitrogens with one attached hydrogen (secondary N) is 1. The van der Waals surface area contributed by atoms with Gasteiger partial charge in [0, 0.05) is 26.2 Å². The highest BCUT2D eigenvalue weighted by Gasteiger charge is 2.63. The Balaban J connectivity index is 1.40. The third kappa shape index (κ3) is 6.12. The zero-order chi connectivity index (χ0) is 26.8. The standard InChI is InChI=1S/C24H40N8O5/c1-22(2,3)36-21(33)27-9-6-7-10-31(11-8-25)12-16-18-24(13-34-16,37-23(4,5)35-18)32-15-30-17-19(26)28-14-29-20(17)32/h14-16,18H,6-13,25H2,1-5H3,(H,27,33)(H2,26,28,29). The molecule has 0 spiro atoms. The number of imidazole rings is 1. The highest BCUT2D eigenvalue weighted by atomic mass is 16.8. The van der Waals surface area contributed by atoms with Crippen LogP contribution in [0, 0.1) is 0 Å². The number of unbranched alkanes of at least 4 members (excludes halogenated alkanes) is 1. The number of amides is 1. The molecule has 2 aliphatic heterocycles. The fourth-order valence-electron chi connectivity index (χ4n) is 4.93. The summed E-state index contributed by atoms with van der Waals surface area (Å²) in [6, 6.07) is 0. The maximum atomic E-state index is 11.9. The lowest BCUT2D eigenvalue weighted by Gasteiger charge is -2.29. The molecule has 13 heteroatoms. The molecule has 2 aromatic heterocycles. The fourth-order valence-corrected chi connectivity index (χ4v) is 4.93. The van der Waals surface area contributed by atoms with Crippen LogP contribution in [0.4, 0.5) is 10.6 Å². The summed E-state index contributed by atoms with van der Waals surface area (Å²) in [4.78, 5) is 27.0. The first kappa shape index (κ1) is 27.5. The number of carbonyl (C=O) groups is 1. The number of hydrogen-bond donors (Lipinski definition) is 3. The summed E-state index contributed by atoms with van der Waals surface area (Å²) in [6.07, 6.45) is 3.71. The highest BCUT2D eigenvalue weighted by Crippen LogP contribution is 2.47. The molecule has 0 saturated carbocycles. The van der Waals surface area contributed by atoms with Gasteiger partial charge in [-0.2, -0.15) is 0 Å². The van der Waals surface area contributed by atoms with Gasteiger partial charge in [0.25, 0.3) is 0 Å². The van der Waals surface area contributed by atoms with Crippen LogP contribution in [0.2, 0.25) is 0 Å². The van der Waals surface area contributed by atoms with Gasteiger partial charge >= 0.3 is 6.09 Å². The fraction of sp³-hybridized carbons (Fsp3) is 0.750. The van der Waals surface area contributed by atoms with Gasteiger partial charge in [-0.3, -0.25) is 9.47 Å². The maximum Gasteiger partial charge on any atom is 0.407 e. The lowest BCUT2D eigenvalue weighted by atomic mass is 10.0. The minimum absolute atomic E-state index is 0.259. The van der Waals surface area contributed by atoms with E-state index in [4.69, 9.17) is 30.4 Å². The third-order valence-corrected chi connectivity index (χ3v) is 6.34. The normalized spacial score (nSPS) is 25.1. The molecule has 0 aliphatic carbocycles. The van der Waals surface area contributed by atoms with Crippen LogP contribution in [-0.2, 0) is 24.7 Å². The number of hydrogen-bond acceptors (Lipinski definition) is 11. The number of alkyl carbamates (subject to hydrolysis) is 1. The van der Waals surface area contributed by atoms with Crippen molar-refractivity contribution in [3.05, 3.63) is 12.7 Å². The number of nitrogens with two attached hydrogens (primary N) is 2. The number of nitrogen functional groups attached to an aromatic ring is 1.